The van der Waals surface area contributed by atoms with Crippen LogP contribution in [0.2, 0.25) is 0 Å². The van der Waals surface area contributed by atoms with Gasteiger partial charge in [-0.3, -0.25) is 0 Å². The minimum absolute atomic E-state index is 0.635. The third-order valence-electron chi connectivity index (χ3n) is 5.77. The van der Waals surface area contributed by atoms with E-state index < -0.39 is 0 Å². The first-order chi connectivity index (χ1) is 6.64. The first kappa shape index (κ1) is 9.21. The van der Waals surface area contributed by atoms with Crippen LogP contribution in [0.4, 0.5) is 0 Å². The molecule has 4 atom stereocenters. The summed E-state index contributed by atoms with van der Waals surface area (Å²) in [6.07, 6.45) is 6.12. The molecule has 0 aliphatic heterocycles. The lowest BCUT2D eigenvalue weighted by Gasteiger charge is -2.25. The molecule has 0 aromatic heterocycles. The number of hydrogen-bond acceptors (Lipinski definition) is 1. The van der Waals surface area contributed by atoms with Crippen LogP contribution in [0.3, 0.4) is 0 Å². The molecule has 3 aliphatic rings. The molecule has 1 nitrogen and oxygen atoms in total. The zero-order valence-electron chi connectivity index (χ0n) is 9.77. The van der Waals surface area contributed by atoms with Crippen molar-refractivity contribution in [3.8, 4) is 0 Å². The van der Waals surface area contributed by atoms with E-state index in [2.05, 4.69) is 26.2 Å². The molecule has 1 spiro atoms. The molecule has 4 unspecified atom stereocenters. The van der Waals surface area contributed by atoms with Crippen molar-refractivity contribution in [1.29, 1.82) is 0 Å². The van der Waals surface area contributed by atoms with Crippen molar-refractivity contribution in [1.82, 2.24) is 5.32 Å². The second-order valence-electron chi connectivity index (χ2n) is 6.37. The topological polar surface area (TPSA) is 12.0 Å². The number of rotatable bonds is 2. The zero-order chi connectivity index (χ0) is 9.97. The molecular weight excluding hydrogens is 170 g/mol. The fourth-order valence-electron chi connectivity index (χ4n) is 4.92. The lowest BCUT2D eigenvalue weighted by molar-refractivity contribution is 0.241. The average molecular weight is 193 g/mol. The van der Waals surface area contributed by atoms with E-state index in [1.54, 1.807) is 6.42 Å². The first-order valence-electron chi connectivity index (χ1n) is 6.29. The summed E-state index contributed by atoms with van der Waals surface area (Å²) in [5.41, 5.74) is 1.40. The predicted octanol–water partition coefficient (Wildman–Crippen LogP) is 2.67. The summed E-state index contributed by atoms with van der Waals surface area (Å²) < 4.78 is 0. The van der Waals surface area contributed by atoms with Gasteiger partial charge in [-0.1, -0.05) is 26.7 Å². The molecule has 0 aromatic carbocycles. The highest BCUT2D eigenvalue weighted by Crippen LogP contribution is 2.82. The minimum Gasteiger partial charge on any atom is -0.319 e. The van der Waals surface area contributed by atoms with E-state index in [0.717, 1.165) is 23.2 Å². The van der Waals surface area contributed by atoms with Crippen molar-refractivity contribution in [2.45, 2.75) is 39.5 Å². The van der Waals surface area contributed by atoms with Gasteiger partial charge in [0.05, 0.1) is 0 Å². The molecule has 80 valence electrons. The van der Waals surface area contributed by atoms with Gasteiger partial charge < -0.3 is 5.32 Å². The summed E-state index contributed by atoms with van der Waals surface area (Å²) in [6.45, 7) is 6.27. The van der Waals surface area contributed by atoms with Gasteiger partial charge in [0.25, 0.3) is 0 Å². The molecular formula is C13H23N. The van der Waals surface area contributed by atoms with Crippen LogP contribution in [-0.4, -0.2) is 13.6 Å². The van der Waals surface area contributed by atoms with Gasteiger partial charge in [-0.15, -0.1) is 0 Å². The monoisotopic (exact) mass is 193 g/mol. The Labute approximate surface area is 87.7 Å². The van der Waals surface area contributed by atoms with E-state index >= 15 is 0 Å². The highest BCUT2D eigenvalue weighted by atomic mass is 14.9. The molecule has 14 heavy (non-hydrogen) atoms. The van der Waals surface area contributed by atoms with Crippen molar-refractivity contribution in [3.63, 3.8) is 0 Å². The fourth-order valence-corrected chi connectivity index (χ4v) is 4.92. The van der Waals surface area contributed by atoms with Crippen LogP contribution >= 0.6 is 0 Å². The number of hydrogen-bond donors (Lipinski definition) is 1. The minimum atomic E-state index is 0.635. The molecule has 3 rings (SSSR count). The Morgan fingerprint density at radius 1 is 1.36 bits per heavy atom. The standard InChI is InChI=1S/C13H23N/c1-12(2)11(8-14-3)13(12)6-4-5-9-7-10(9)13/h9-11,14H,4-8H2,1-3H3. The SMILES string of the molecule is CNCC1C(C)(C)C12CCCC1CC12. The third kappa shape index (κ3) is 0.856. The summed E-state index contributed by atoms with van der Waals surface area (Å²) in [6, 6.07) is 0. The second kappa shape index (κ2) is 2.55. The van der Waals surface area contributed by atoms with Crippen molar-refractivity contribution in [2.24, 2.45) is 28.6 Å². The van der Waals surface area contributed by atoms with Crippen molar-refractivity contribution in [2.75, 3.05) is 13.6 Å². The van der Waals surface area contributed by atoms with Crippen LogP contribution in [0.15, 0.2) is 0 Å². The Bertz CT molecular complexity index is 258. The molecule has 0 amide bonds. The molecule has 0 aromatic rings. The summed E-state index contributed by atoms with van der Waals surface area (Å²) in [4.78, 5) is 0. The van der Waals surface area contributed by atoms with E-state index in [4.69, 9.17) is 0 Å². The van der Waals surface area contributed by atoms with E-state index in [1.807, 2.05) is 0 Å². The molecule has 1 N–H and O–H groups in total. The Morgan fingerprint density at radius 2 is 2.14 bits per heavy atom. The van der Waals surface area contributed by atoms with Gasteiger partial charge in [-0.25, -0.2) is 0 Å². The van der Waals surface area contributed by atoms with Gasteiger partial charge in [-0.05, 0) is 55.0 Å². The molecule has 3 aliphatic carbocycles. The molecule has 0 bridgehead atoms. The van der Waals surface area contributed by atoms with Gasteiger partial charge in [0.2, 0.25) is 0 Å². The summed E-state index contributed by atoms with van der Waals surface area (Å²) in [5, 5.41) is 3.40. The Balaban J connectivity index is 1.83. The lowest BCUT2D eigenvalue weighted by Crippen LogP contribution is -2.20. The summed E-state index contributed by atoms with van der Waals surface area (Å²) in [7, 11) is 2.11. The van der Waals surface area contributed by atoms with Crippen molar-refractivity contribution < 1.29 is 0 Å². The predicted molar refractivity (Wildman–Crippen MR) is 59.1 cm³/mol. The molecule has 0 radical (unpaired) electrons. The molecule has 0 saturated heterocycles. The quantitative estimate of drug-likeness (QED) is 0.711. The number of fused-ring (bicyclic) bond motifs is 2. The zero-order valence-corrected chi connectivity index (χ0v) is 9.77. The summed E-state index contributed by atoms with van der Waals surface area (Å²) >= 11 is 0. The van der Waals surface area contributed by atoms with E-state index in [-0.39, 0.29) is 0 Å². The second-order valence-corrected chi connectivity index (χ2v) is 6.37. The van der Waals surface area contributed by atoms with Crippen molar-refractivity contribution in [3.05, 3.63) is 0 Å². The molecule has 0 heterocycles. The fraction of sp³-hybridized carbons (Fsp3) is 1.00. The number of nitrogens with one attached hydrogen (secondary N) is 1. The van der Waals surface area contributed by atoms with Crippen molar-refractivity contribution >= 4 is 0 Å². The van der Waals surface area contributed by atoms with E-state index in [1.165, 1.54) is 25.8 Å². The third-order valence-corrected chi connectivity index (χ3v) is 5.77. The lowest BCUT2D eigenvalue weighted by atomic mass is 9.80. The molecule has 3 fully saturated rings. The average Bonchev–Trinajstić information content (AvgIpc) is 2.99. The smallest absolute Gasteiger partial charge is 0.00126 e. The van der Waals surface area contributed by atoms with Gasteiger partial charge in [0.1, 0.15) is 0 Å². The van der Waals surface area contributed by atoms with Crippen LogP contribution in [-0.2, 0) is 0 Å². The summed E-state index contributed by atoms with van der Waals surface area (Å²) in [5.74, 6) is 3.21. The molecule has 1 heteroatoms. The van der Waals surface area contributed by atoms with Crippen LogP contribution in [0, 0.1) is 28.6 Å². The van der Waals surface area contributed by atoms with E-state index in [0.29, 0.717) is 5.41 Å². The van der Waals surface area contributed by atoms with Gasteiger partial charge in [-0.2, -0.15) is 0 Å². The van der Waals surface area contributed by atoms with Gasteiger partial charge in [0.15, 0.2) is 0 Å². The Kier molecular flexibility index (Phi) is 1.68. The first-order valence-corrected chi connectivity index (χ1v) is 6.29. The Hall–Kier alpha value is -0.0400. The maximum absolute atomic E-state index is 3.40. The van der Waals surface area contributed by atoms with Gasteiger partial charge in [0, 0.05) is 0 Å². The largest absolute Gasteiger partial charge is 0.319 e. The Morgan fingerprint density at radius 3 is 2.86 bits per heavy atom. The van der Waals surface area contributed by atoms with Gasteiger partial charge >= 0.3 is 0 Å². The van der Waals surface area contributed by atoms with Crippen LogP contribution < -0.4 is 5.32 Å². The highest BCUT2D eigenvalue weighted by Gasteiger charge is 2.77. The maximum atomic E-state index is 3.40. The highest BCUT2D eigenvalue weighted by molar-refractivity contribution is 5.25. The van der Waals surface area contributed by atoms with Crippen LogP contribution in [0.5, 0.6) is 0 Å². The van der Waals surface area contributed by atoms with E-state index in [9.17, 15) is 0 Å². The molecule has 3 saturated carbocycles. The maximum Gasteiger partial charge on any atom is -0.00126 e. The van der Waals surface area contributed by atoms with Crippen LogP contribution in [0.1, 0.15) is 39.5 Å². The normalized spacial score (nSPS) is 52.9. The van der Waals surface area contributed by atoms with Crippen LogP contribution in [0.25, 0.3) is 0 Å².